The molecule has 0 radical (unpaired) electrons. The van der Waals surface area contributed by atoms with E-state index in [-0.39, 0.29) is 0 Å². The summed E-state index contributed by atoms with van der Waals surface area (Å²) in [4.78, 5) is 0. The zero-order chi connectivity index (χ0) is 14.2. The van der Waals surface area contributed by atoms with E-state index in [0.29, 0.717) is 0 Å². The lowest BCUT2D eigenvalue weighted by Gasteiger charge is -2.09. The smallest absolute Gasteiger partial charge is 0.00233 e. The zero-order valence-corrected chi connectivity index (χ0v) is 13.6. The van der Waals surface area contributed by atoms with Gasteiger partial charge in [0, 0.05) is 0 Å². The minimum absolute atomic E-state index is 0.833. The Morgan fingerprint density at radius 1 is 0.789 bits per heavy atom. The molecule has 0 saturated heterocycles. The first-order chi connectivity index (χ1) is 9.31. The maximum absolute atomic E-state index is 5.48. The van der Waals surface area contributed by atoms with E-state index >= 15 is 0 Å². The molecule has 1 atom stereocenters. The molecule has 0 aliphatic carbocycles. The molecular formula is C17H38N2. The van der Waals surface area contributed by atoms with Gasteiger partial charge < -0.3 is 11.1 Å². The van der Waals surface area contributed by atoms with Gasteiger partial charge in [-0.3, -0.25) is 0 Å². The van der Waals surface area contributed by atoms with Gasteiger partial charge in [-0.1, -0.05) is 71.6 Å². The molecule has 0 aromatic rings. The van der Waals surface area contributed by atoms with Gasteiger partial charge in [-0.25, -0.2) is 0 Å². The van der Waals surface area contributed by atoms with Gasteiger partial charge in [0.15, 0.2) is 0 Å². The molecule has 0 fully saturated rings. The van der Waals surface area contributed by atoms with Crippen molar-refractivity contribution in [2.24, 2.45) is 11.7 Å². The maximum Gasteiger partial charge on any atom is -0.00233 e. The third-order valence-electron chi connectivity index (χ3n) is 4.00. The fourth-order valence-corrected chi connectivity index (χ4v) is 2.30. The molecule has 0 spiro atoms. The lowest BCUT2D eigenvalue weighted by atomic mass is 10.1. The Balaban J connectivity index is 2.95. The molecule has 0 rings (SSSR count). The maximum atomic E-state index is 5.48. The predicted octanol–water partition coefficient (Wildman–Crippen LogP) is 4.48. The van der Waals surface area contributed by atoms with Crippen molar-refractivity contribution in [2.45, 2.75) is 84.5 Å². The quantitative estimate of drug-likeness (QED) is 0.431. The fraction of sp³-hybridized carbons (Fsp3) is 1.00. The van der Waals surface area contributed by atoms with E-state index in [1.54, 1.807) is 0 Å². The first kappa shape index (κ1) is 18.9. The largest absolute Gasteiger partial charge is 0.330 e. The van der Waals surface area contributed by atoms with Gasteiger partial charge >= 0.3 is 0 Å². The number of unbranched alkanes of at least 4 members (excludes halogenated alkanes) is 9. The van der Waals surface area contributed by atoms with Crippen LogP contribution in [0.15, 0.2) is 0 Å². The van der Waals surface area contributed by atoms with Crippen LogP contribution in [0.1, 0.15) is 84.5 Å². The van der Waals surface area contributed by atoms with Crippen LogP contribution in [0.3, 0.4) is 0 Å². The van der Waals surface area contributed by atoms with Crippen molar-refractivity contribution in [3.05, 3.63) is 0 Å². The van der Waals surface area contributed by atoms with Crippen molar-refractivity contribution in [3.8, 4) is 0 Å². The van der Waals surface area contributed by atoms with E-state index in [0.717, 1.165) is 12.5 Å². The van der Waals surface area contributed by atoms with Crippen LogP contribution < -0.4 is 11.1 Å². The standard InChI is InChI=1S/C17H38N2/c1-3-17(2)16-19-15-13-11-9-7-5-4-6-8-10-12-14-18/h17,19H,3-16,18H2,1-2H3. The van der Waals surface area contributed by atoms with Crippen molar-refractivity contribution >= 4 is 0 Å². The summed E-state index contributed by atoms with van der Waals surface area (Å²) in [5.41, 5.74) is 5.48. The minimum atomic E-state index is 0.833. The van der Waals surface area contributed by atoms with Crippen LogP contribution >= 0.6 is 0 Å². The molecule has 116 valence electrons. The molecule has 0 aliphatic heterocycles. The molecule has 0 aromatic heterocycles. The first-order valence-electron chi connectivity index (χ1n) is 8.72. The molecule has 2 nitrogen and oxygen atoms in total. The summed E-state index contributed by atoms with van der Waals surface area (Å²) in [6.07, 6.45) is 15.1. The third-order valence-corrected chi connectivity index (χ3v) is 4.00. The second-order valence-corrected chi connectivity index (χ2v) is 6.04. The van der Waals surface area contributed by atoms with Crippen LogP contribution in [0.2, 0.25) is 0 Å². The van der Waals surface area contributed by atoms with Crippen molar-refractivity contribution in [2.75, 3.05) is 19.6 Å². The van der Waals surface area contributed by atoms with Gasteiger partial charge in [-0.2, -0.15) is 0 Å². The number of hydrogen-bond donors (Lipinski definition) is 2. The summed E-state index contributed by atoms with van der Waals surface area (Å²) in [6.45, 7) is 7.86. The van der Waals surface area contributed by atoms with Gasteiger partial charge in [-0.15, -0.1) is 0 Å². The Morgan fingerprint density at radius 3 is 1.74 bits per heavy atom. The number of nitrogens with two attached hydrogens (primary N) is 1. The van der Waals surface area contributed by atoms with Crippen molar-refractivity contribution in [1.82, 2.24) is 5.32 Å². The Kier molecular flexibility index (Phi) is 15.9. The highest BCUT2D eigenvalue weighted by Crippen LogP contribution is 2.10. The van der Waals surface area contributed by atoms with E-state index < -0.39 is 0 Å². The predicted molar refractivity (Wildman–Crippen MR) is 87.5 cm³/mol. The molecule has 1 unspecified atom stereocenters. The Bertz CT molecular complexity index is 159. The van der Waals surface area contributed by atoms with E-state index in [2.05, 4.69) is 19.2 Å². The molecule has 3 N–H and O–H groups in total. The summed E-state index contributed by atoms with van der Waals surface area (Å²) in [5, 5.41) is 3.56. The summed E-state index contributed by atoms with van der Waals surface area (Å²) >= 11 is 0. The SMILES string of the molecule is CCC(C)CNCCCCCCCCCCCCN. The van der Waals surface area contributed by atoms with Gasteiger partial charge in [0.05, 0.1) is 0 Å². The lowest BCUT2D eigenvalue weighted by Crippen LogP contribution is -2.21. The number of nitrogens with one attached hydrogen (secondary N) is 1. The third kappa shape index (κ3) is 15.9. The molecule has 0 bridgehead atoms. The normalized spacial score (nSPS) is 12.8. The highest BCUT2D eigenvalue weighted by atomic mass is 14.8. The summed E-state index contributed by atoms with van der Waals surface area (Å²) in [5.74, 6) is 0.833. The molecular weight excluding hydrogens is 232 g/mol. The van der Waals surface area contributed by atoms with E-state index in [1.165, 1.54) is 83.7 Å². The van der Waals surface area contributed by atoms with Gasteiger partial charge in [-0.05, 0) is 38.4 Å². The summed E-state index contributed by atoms with van der Waals surface area (Å²) in [6, 6.07) is 0. The highest BCUT2D eigenvalue weighted by molar-refractivity contribution is 4.55. The second-order valence-electron chi connectivity index (χ2n) is 6.04. The summed E-state index contributed by atoms with van der Waals surface area (Å²) < 4.78 is 0. The molecule has 0 aromatic carbocycles. The topological polar surface area (TPSA) is 38.0 Å². The number of rotatable bonds is 15. The van der Waals surface area contributed by atoms with Crippen molar-refractivity contribution in [1.29, 1.82) is 0 Å². The van der Waals surface area contributed by atoms with Crippen molar-refractivity contribution in [3.63, 3.8) is 0 Å². The van der Waals surface area contributed by atoms with E-state index in [1.807, 2.05) is 0 Å². The number of hydrogen-bond acceptors (Lipinski definition) is 2. The van der Waals surface area contributed by atoms with E-state index in [4.69, 9.17) is 5.73 Å². The highest BCUT2D eigenvalue weighted by Gasteiger charge is 1.97. The molecule has 0 heterocycles. The second kappa shape index (κ2) is 16.0. The van der Waals surface area contributed by atoms with Crippen molar-refractivity contribution < 1.29 is 0 Å². The fourth-order valence-electron chi connectivity index (χ4n) is 2.30. The minimum Gasteiger partial charge on any atom is -0.330 e. The zero-order valence-electron chi connectivity index (χ0n) is 13.6. The van der Waals surface area contributed by atoms with Crippen LogP contribution in [0.25, 0.3) is 0 Å². The molecule has 0 aliphatic rings. The van der Waals surface area contributed by atoms with Crippen LogP contribution in [-0.4, -0.2) is 19.6 Å². The van der Waals surface area contributed by atoms with Crippen LogP contribution in [-0.2, 0) is 0 Å². The average Bonchev–Trinajstić information content (AvgIpc) is 2.43. The molecule has 0 saturated carbocycles. The Morgan fingerprint density at radius 2 is 1.26 bits per heavy atom. The molecule has 0 amide bonds. The van der Waals surface area contributed by atoms with Crippen LogP contribution in [0.5, 0.6) is 0 Å². The van der Waals surface area contributed by atoms with Gasteiger partial charge in [0.1, 0.15) is 0 Å². The average molecular weight is 271 g/mol. The Labute approximate surface area is 121 Å². The molecule has 19 heavy (non-hydrogen) atoms. The summed E-state index contributed by atoms with van der Waals surface area (Å²) in [7, 11) is 0. The van der Waals surface area contributed by atoms with Gasteiger partial charge in [0.2, 0.25) is 0 Å². The van der Waals surface area contributed by atoms with Gasteiger partial charge in [0.25, 0.3) is 0 Å². The lowest BCUT2D eigenvalue weighted by molar-refractivity contribution is 0.484. The first-order valence-corrected chi connectivity index (χ1v) is 8.72. The Hall–Kier alpha value is -0.0800. The monoisotopic (exact) mass is 270 g/mol. The van der Waals surface area contributed by atoms with Crippen LogP contribution in [0.4, 0.5) is 0 Å². The molecule has 2 heteroatoms. The van der Waals surface area contributed by atoms with Crippen LogP contribution in [0, 0.1) is 5.92 Å². The van der Waals surface area contributed by atoms with E-state index in [9.17, 15) is 0 Å².